The molecular weight excluding hydrogens is 537 g/mol. The summed E-state index contributed by atoms with van der Waals surface area (Å²) in [5.41, 5.74) is 2.30. The number of ether oxygens (including phenoxy) is 2. The Morgan fingerprint density at radius 2 is 1.54 bits per heavy atom. The number of carbonyl (C=O) groups is 3. The molecule has 0 unspecified atom stereocenters. The molecule has 1 amide bonds. The smallest absolute Gasteiger partial charge is 0.312 e. The molecule has 1 heterocycles. The van der Waals surface area contributed by atoms with Gasteiger partial charge in [0.25, 0.3) is 0 Å². The van der Waals surface area contributed by atoms with Crippen molar-refractivity contribution >= 4 is 46.5 Å². The van der Waals surface area contributed by atoms with Crippen LogP contribution in [0.15, 0.2) is 72.8 Å². The van der Waals surface area contributed by atoms with Crippen molar-refractivity contribution in [3.05, 3.63) is 88.9 Å². The molecule has 1 fully saturated rings. The van der Waals surface area contributed by atoms with Gasteiger partial charge in [0, 0.05) is 41.5 Å². The molecule has 6 nitrogen and oxygen atoms in total. The van der Waals surface area contributed by atoms with Crippen LogP contribution in [0.2, 0.25) is 5.02 Å². The minimum absolute atomic E-state index is 0.0000589. The van der Waals surface area contributed by atoms with Crippen molar-refractivity contribution < 1.29 is 23.9 Å². The van der Waals surface area contributed by atoms with Gasteiger partial charge < -0.3 is 14.4 Å². The molecule has 1 saturated heterocycles. The predicted molar refractivity (Wildman–Crippen MR) is 153 cm³/mol. The SMILES string of the molecule is CC(C)(C)c1ccc(Oc2ccc(N3C[C@@H](C(=O)O[C@H](CCCl)C(=O)c4ccc(Cl)cc4)CC3=O)cc2)cc1. The lowest BCUT2D eigenvalue weighted by atomic mass is 9.87. The average molecular weight is 568 g/mol. The summed E-state index contributed by atoms with van der Waals surface area (Å²) in [5.74, 6) is -0.341. The highest BCUT2D eigenvalue weighted by Crippen LogP contribution is 2.31. The van der Waals surface area contributed by atoms with Crippen LogP contribution < -0.4 is 9.64 Å². The van der Waals surface area contributed by atoms with Gasteiger partial charge in [-0.3, -0.25) is 14.4 Å². The van der Waals surface area contributed by atoms with E-state index in [4.69, 9.17) is 32.7 Å². The Bertz CT molecular complexity index is 1320. The van der Waals surface area contributed by atoms with Crippen molar-refractivity contribution in [3.8, 4) is 11.5 Å². The first-order chi connectivity index (χ1) is 18.5. The molecule has 0 saturated carbocycles. The van der Waals surface area contributed by atoms with Gasteiger partial charge in [-0.15, -0.1) is 11.6 Å². The molecule has 0 bridgehead atoms. The summed E-state index contributed by atoms with van der Waals surface area (Å²) in [7, 11) is 0. The molecular formula is C31H31Cl2NO5. The second-order valence-electron chi connectivity index (χ2n) is 10.6. The molecule has 0 N–H and O–H groups in total. The zero-order valence-corrected chi connectivity index (χ0v) is 23.7. The summed E-state index contributed by atoms with van der Waals surface area (Å²) in [6.45, 7) is 6.63. The first-order valence-electron chi connectivity index (χ1n) is 12.8. The maximum absolute atomic E-state index is 12.9. The fraction of sp³-hybridized carbons (Fsp3) is 0.323. The number of halogens is 2. The normalized spacial score (nSPS) is 16.2. The van der Waals surface area contributed by atoms with Gasteiger partial charge in [0.1, 0.15) is 11.5 Å². The van der Waals surface area contributed by atoms with Crippen LogP contribution in [0.5, 0.6) is 11.5 Å². The van der Waals surface area contributed by atoms with Crippen molar-refractivity contribution in [2.24, 2.45) is 5.92 Å². The fourth-order valence-electron chi connectivity index (χ4n) is 4.35. The molecule has 4 rings (SSSR count). The summed E-state index contributed by atoms with van der Waals surface area (Å²) < 4.78 is 11.5. The first-order valence-corrected chi connectivity index (χ1v) is 13.7. The first kappa shape index (κ1) is 28.7. The largest absolute Gasteiger partial charge is 0.457 e. The van der Waals surface area contributed by atoms with E-state index in [1.54, 1.807) is 53.4 Å². The highest BCUT2D eigenvalue weighted by Gasteiger charge is 2.38. The van der Waals surface area contributed by atoms with Crippen molar-refractivity contribution in [1.29, 1.82) is 0 Å². The standard InChI is InChI=1S/C31H31Cl2NO5/c1-31(2,3)22-6-12-25(13-7-22)38-26-14-10-24(11-15-26)34-19-21(18-28(34)35)30(37)39-27(16-17-32)29(36)20-4-8-23(33)9-5-20/h4-15,21,27H,16-19H2,1-3H3/t21-,27+/m0/s1. The number of hydrogen-bond donors (Lipinski definition) is 0. The minimum Gasteiger partial charge on any atom is -0.457 e. The van der Waals surface area contributed by atoms with Gasteiger partial charge in [0.2, 0.25) is 11.7 Å². The summed E-state index contributed by atoms with van der Waals surface area (Å²) in [6, 6.07) is 21.5. The van der Waals surface area contributed by atoms with Crippen molar-refractivity contribution in [2.75, 3.05) is 17.3 Å². The summed E-state index contributed by atoms with van der Waals surface area (Å²) in [4.78, 5) is 40.2. The summed E-state index contributed by atoms with van der Waals surface area (Å²) in [6.07, 6.45) is -0.867. The van der Waals surface area contributed by atoms with Crippen LogP contribution in [0, 0.1) is 5.92 Å². The number of ketones is 1. The maximum atomic E-state index is 12.9. The number of Topliss-reactive ketones (excluding diaryl/α,β-unsaturated/α-hetero) is 1. The highest BCUT2D eigenvalue weighted by atomic mass is 35.5. The minimum atomic E-state index is -1.03. The van der Waals surface area contributed by atoms with Crippen LogP contribution in [0.4, 0.5) is 5.69 Å². The van der Waals surface area contributed by atoms with E-state index in [1.165, 1.54) is 5.56 Å². The quantitative estimate of drug-likeness (QED) is 0.155. The maximum Gasteiger partial charge on any atom is 0.312 e. The number of amides is 1. The number of carbonyl (C=O) groups excluding carboxylic acids is 3. The molecule has 204 valence electrons. The molecule has 0 aromatic heterocycles. The van der Waals surface area contributed by atoms with E-state index >= 15 is 0 Å². The number of benzene rings is 3. The average Bonchev–Trinajstić information content (AvgIpc) is 3.30. The predicted octanol–water partition coefficient (Wildman–Crippen LogP) is 7.21. The molecule has 1 aliphatic rings. The van der Waals surface area contributed by atoms with Crippen LogP contribution >= 0.6 is 23.2 Å². The van der Waals surface area contributed by atoms with E-state index < -0.39 is 18.0 Å². The van der Waals surface area contributed by atoms with Crippen LogP contribution in [0.3, 0.4) is 0 Å². The number of rotatable bonds is 9. The molecule has 0 spiro atoms. The molecule has 2 atom stereocenters. The topological polar surface area (TPSA) is 72.9 Å². The Balaban J connectivity index is 1.37. The van der Waals surface area contributed by atoms with Gasteiger partial charge in [0.05, 0.1) is 5.92 Å². The molecule has 1 aliphatic heterocycles. The van der Waals surface area contributed by atoms with E-state index in [2.05, 4.69) is 20.8 Å². The third-order valence-electron chi connectivity index (χ3n) is 6.61. The zero-order chi connectivity index (χ0) is 28.2. The lowest BCUT2D eigenvalue weighted by Crippen LogP contribution is -2.32. The van der Waals surface area contributed by atoms with Gasteiger partial charge in [-0.2, -0.15) is 0 Å². The monoisotopic (exact) mass is 567 g/mol. The Hall–Kier alpha value is -3.35. The Morgan fingerprint density at radius 3 is 2.10 bits per heavy atom. The van der Waals surface area contributed by atoms with Crippen molar-refractivity contribution in [3.63, 3.8) is 0 Å². The lowest BCUT2D eigenvalue weighted by molar-refractivity contribution is -0.151. The van der Waals surface area contributed by atoms with Gasteiger partial charge >= 0.3 is 5.97 Å². The fourth-order valence-corrected chi connectivity index (χ4v) is 4.67. The Kier molecular flexibility index (Phi) is 8.98. The number of nitrogens with zero attached hydrogens (tertiary/aromatic N) is 1. The second kappa shape index (κ2) is 12.2. The van der Waals surface area contributed by atoms with Crippen LogP contribution in [-0.4, -0.2) is 36.2 Å². The van der Waals surface area contributed by atoms with Gasteiger partial charge in [-0.1, -0.05) is 44.5 Å². The number of alkyl halides is 1. The summed E-state index contributed by atoms with van der Waals surface area (Å²) in [5, 5.41) is 0.497. The van der Waals surface area contributed by atoms with Crippen LogP contribution in [-0.2, 0) is 19.7 Å². The Morgan fingerprint density at radius 1 is 0.949 bits per heavy atom. The van der Waals surface area contributed by atoms with Gasteiger partial charge in [0.15, 0.2) is 6.10 Å². The molecule has 39 heavy (non-hydrogen) atoms. The molecule has 0 radical (unpaired) electrons. The summed E-state index contributed by atoms with van der Waals surface area (Å²) >= 11 is 11.8. The molecule has 3 aromatic rings. The van der Waals surface area contributed by atoms with Gasteiger partial charge in [-0.05, 0) is 71.6 Å². The number of esters is 1. The number of hydrogen-bond acceptors (Lipinski definition) is 5. The third-order valence-corrected chi connectivity index (χ3v) is 7.08. The Labute approximate surface area is 238 Å². The molecule has 3 aromatic carbocycles. The lowest BCUT2D eigenvalue weighted by Gasteiger charge is -2.20. The van der Waals surface area contributed by atoms with E-state index in [-0.39, 0.29) is 42.4 Å². The zero-order valence-electron chi connectivity index (χ0n) is 22.2. The van der Waals surface area contributed by atoms with Crippen LogP contribution in [0.25, 0.3) is 0 Å². The number of anilines is 1. The molecule has 8 heteroatoms. The van der Waals surface area contributed by atoms with Crippen LogP contribution in [0.1, 0.15) is 49.5 Å². The highest BCUT2D eigenvalue weighted by molar-refractivity contribution is 6.30. The van der Waals surface area contributed by atoms with Gasteiger partial charge in [-0.25, -0.2) is 0 Å². The second-order valence-corrected chi connectivity index (χ2v) is 11.4. The third kappa shape index (κ3) is 7.20. The van der Waals surface area contributed by atoms with Crippen molar-refractivity contribution in [1.82, 2.24) is 0 Å². The van der Waals surface area contributed by atoms with E-state index in [1.807, 2.05) is 24.3 Å². The van der Waals surface area contributed by atoms with E-state index in [0.29, 0.717) is 22.0 Å². The van der Waals surface area contributed by atoms with E-state index in [9.17, 15) is 14.4 Å². The van der Waals surface area contributed by atoms with Crippen molar-refractivity contribution in [2.45, 2.75) is 45.1 Å². The van der Waals surface area contributed by atoms with E-state index in [0.717, 1.165) is 5.75 Å². The molecule has 0 aliphatic carbocycles.